The summed E-state index contributed by atoms with van der Waals surface area (Å²) in [7, 11) is 0. The zero-order valence-electron chi connectivity index (χ0n) is 9.57. The van der Waals surface area contributed by atoms with Gasteiger partial charge in [0.05, 0.1) is 6.04 Å². The van der Waals surface area contributed by atoms with E-state index in [1.807, 2.05) is 12.1 Å². The second kappa shape index (κ2) is 3.49. The zero-order chi connectivity index (χ0) is 13.0. The summed E-state index contributed by atoms with van der Waals surface area (Å²) in [6.07, 6.45) is -2.04. The van der Waals surface area contributed by atoms with Crippen LogP contribution in [-0.2, 0) is 10.2 Å². The Bertz CT molecular complexity index is 493. The number of para-hydroxylation sites is 1. The molecule has 0 radical (unpaired) electrons. The fraction of sp³-hybridized carbons (Fsp3) is 0.462. The van der Waals surface area contributed by atoms with Crippen LogP contribution in [0.5, 0.6) is 0 Å². The van der Waals surface area contributed by atoms with Gasteiger partial charge < -0.3 is 9.69 Å². The van der Waals surface area contributed by atoms with E-state index < -0.39 is 18.8 Å². The smallest absolute Gasteiger partial charge is 0.352 e. The van der Waals surface area contributed by atoms with E-state index >= 15 is 0 Å². The standard InChI is InChI=1S/C13H12F3NO/c14-13(15,16)8-17-10-4-2-1-3-9(10)12(5-6-12)11(17)7-18/h1-4,7,11H,5-6,8H2. The third-order valence-electron chi connectivity index (χ3n) is 3.92. The van der Waals surface area contributed by atoms with Gasteiger partial charge in [-0.15, -0.1) is 0 Å². The molecule has 1 aliphatic heterocycles. The van der Waals surface area contributed by atoms with Crippen LogP contribution in [0.15, 0.2) is 24.3 Å². The van der Waals surface area contributed by atoms with Gasteiger partial charge in [0.15, 0.2) is 0 Å². The maximum Gasteiger partial charge on any atom is 0.405 e. The van der Waals surface area contributed by atoms with Gasteiger partial charge in [-0.3, -0.25) is 0 Å². The number of nitrogens with zero attached hydrogens (tertiary/aromatic N) is 1. The highest BCUT2D eigenvalue weighted by Crippen LogP contribution is 2.59. The molecule has 5 heteroatoms. The van der Waals surface area contributed by atoms with Crippen LogP contribution >= 0.6 is 0 Å². The molecule has 1 atom stereocenters. The molecule has 1 saturated carbocycles. The number of fused-ring (bicyclic) bond motifs is 2. The second-order valence-electron chi connectivity index (χ2n) is 5.00. The fourth-order valence-electron chi connectivity index (χ4n) is 3.03. The summed E-state index contributed by atoms with van der Waals surface area (Å²) in [6.45, 7) is -1.06. The Balaban J connectivity index is 2.05. The van der Waals surface area contributed by atoms with Crippen molar-refractivity contribution in [3.63, 3.8) is 0 Å². The quantitative estimate of drug-likeness (QED) is 0.757. The van der Waals surface area contributed by atoms with E-state index in [4.69, 9.17) is 0 Å². The second-order valence-corrected chi connectivity index (χ2v) is 5.00. The number of carbonyl (C=O) groups excluding carboxylic acids is 1. The average molecular weight is 255 g/mol. The lowest BCUT2D eigenvalue weighted by Gasteiger charge is -2.27. The van der Waals surface area contributed by atoms with Crippen LogP contribution in [0, 0.1) is 0 Å². The van der Waals surface area contributed by atoms with Crippen LogP contribution in [-0.4, -0.2) is 25.0 Å². The molecule has 2 nitrogen and oxygen atoms in total. The third kappa shape index (κ3) is 1.53. The van der Waals surface area contributed by atoms with Crippen molar-refractivity contribution in [1.82, 2.24) is 0 Å². The van der Waals surface area contributed by atoms with Crippen LogP contribution in [0.1, 0.15) is 18.4 Å². The number of benzene rings is 1. The molecule has 1 unspecified atom stereocenters. The summed E-state index contributed by atoms with van der Waals surface area (Å²) in [5, 5.41) is 0. The SMILES string of the molecule is O=CC1N(CC(F)(F)F)c2ccccc2C12CC2. The summed E-state index contributed by atoms with van der Waals surface area (Å²) in [4.78, 5) is 12.4. The number of alkyl halides is 3. The summed E-state index contributed by atoms with van der Waals surface area (Å²) in [5.41, 5.74) is 1.10. The summed E-state index contributed by atoms with van der Waals surface area (Å²) < 4.78 is 37.9. The van der Waals surface area contributed by atoms with E-state index in [1.165, 1.54) is 4.90 Å². The Hall–Kier alpha value is -1.52. The van der Waals surface area contributed by atoms with Gasteiger partial charge in [0.1, 0.15) is 12.8 Å². The first kappa shape index (κ1) is 11.6. The van der Waals surface area contributed by atoms with Crippen LogP contribution in [0.4, 0.5) is 18.9 Å². The van der Waals surface area contributed by atoms with E-state index in [0.29, 0.717) is 12.0 Å². The molecule has 18 heavy (non-hydrogen) atoms. The molecule has 1 heterocycles. The van der Waals surface area contributed by atoms with Crippen LogP contribution in [0.25, 0.3) is 0 Å². The highest BCUT2D eigenvalue weighted by molar-refractivity contribution is 5.79. The number of aldehydes is 1. The first-order valence-corrected chi connectivity index (χ1v) is 5.86. The molecule has 1 spiro atoms. The monoisotopic (exact) mass is 255 g/mol. The maximum atomic E-state index is 12.6. The van der Waals surface area contributed by atoms with Gasteiger partial charge in [0.25, 0.3) is 0 Å². The largest absolute Gasteiger partial charge is 0.405 e. The molecule has 0 amide bonds. The molecule has 1 aromatic carbocycles. The minimum absolute atomic E-state index is 0.358. The molecule has 0 bridgehead atoms. The van der Waals surface area contributed by atoms with Crippen LogP contribution in [0.3, 0.4) is 0 Å². The van der Waals surface area contributed by atoms with Crippen molar-refractivity contribution < 1.29 is 18.0 Å². The van der Waals surface area contributed by atoms with Crippen molar-refractivity contribution in [3.8, 4) is 0 Å². The van der Waals surface area contributed by atoms with E-state index in [2.05, 4.69) is 0 Å². The Morgan fingerprint density at radius 1 is 1.33 bits per heavy atom. The van der Waals surface area contributed by atoms with Crippen molar-refractivity contribution in [2.24, 2.45) is 0 Å². The van der Waals surface area contributed by atoms with E-state index in [-0.39, 0.29) is 5.41 Å². The predicted octanol–water partition coefficient (Wildman–Crippen LogP) is 2.67. The van der Waals surface area contributed by atoms with Crippen molar-refractivity contribution >= 4 is 12.0 Å². The van der Waals surface area contributed by atoms with Crippen LogP contribution < -0.4 is 4.90 Å². The van der Waals surface area contributed by atoms with Crippen molar-refractivity contribution in [2.45, 2.75) is 30.5 Å². The van der Waals surface area contributed by atoms with Gasteiger partial charge in [-0.05, 0) is 24.5 Å². The lowest BCUT2D eigenvalue weighted by Crippen LogP contribution is -2.44. The van der Waals surface area contributed by atoms with Gasteiger partial charge in [0.2, 0.25) is 0 Å². The topological polar surface area (TPSA) is 20.3 Å². The fourth-order valence-corrected chi connectivity index (χ4v) is 3.03. The summed E-state index contributed by atoms with van der Waals surface area (Å²) >= 11 is 0. The highest BCUT2D eigenvalue weighted by Gasteiger charge is 2.59. The minimum atomic E-state index is -4.30. The first-order chi connectivity index (χ1) is 8.48. The number of halogens is 3. The van der Waals surface area contributed by atoms with Gasteiger partial charge in [-0.1, -0.05) is 18.2 Å². The number of anilines is 1. The molecule has 3 rings (SSSR count). The molecule has 1 fully saturated rings. The third-order valence-corrected chi connectivity index (χ3v) is 3.92. The molecule has 0 aromatic heterocycles. The van der Waals surface area contributed by atoms with Crippen molar-refractivity contribution in [3.05, 3.63) is 29.8 Å². The average Bonchev–Trinajstić information content (AvgIpc) is 3.03. The van der Waals surface area contributed by atoms with Crippen LogP contribution in [0.2, 0.25) is 0 Å². The lowest BCUT2D eigenvalue weighted by molar-refractivity contribution is -0.122. The van der Waals surface area contributed by atoms with Gasteiger partial charge in [-0.25, -0.2) is 0 Å². The molecule has 2 aliphatic rings. The molecule has 1 aromatic rings. The lowest BCUT2D eigenvalue weighted by atomic mass is 9.92. The summed E-state index contributed by atoms with van der Waals surface area (Å²) in [5.74, 6) is 0. The summed E-state index contributed by atoms with van der Waals surface area (Å²) in [6, 6.07) is 6.37. The first-order valence-electron chi connectivity index (χ1n) is 5.86. The molecule has 0 N–H and O–H groups in total. The number of rotatable bonds is 2. The maximum absolute atomic E-state index is 12.6. The Labute approximate surface area is 102 Å². The predicted molar refractivity (Wildman–Crippen MR) is 60.6 cm³/mol. The molecule has 0 saturated heterocycles. The highest BCUT2D eigenvalue weighted by atomic mass is 19.4. The Kier molecular flexibility index (Phi) is 2.24. The number of hydrogen-bond acceptors (Lipinski definition) is 2. The van der Waals surface area contributed by atoms with E-state index in [9.17, 15) is 18.0 Å². The van der Waals surface area contributed by atoms with Gasteiger partial charge in [-0.2, -0.15) is 13.2 Å². The van der Waals surface area contributed by atoms with Crippen molar-refractivity contribution in [2.75, 3.05) is 11.4 Å². The zero-order valence-corrected chi connectivity index (χ0v) is 9.57. The molecule has 1 aliphatic carbocycles. The minimum Gasteiger partial charge on any atom is -0.352 e. The van der Waals surface area contributed by atoms with Gasteiger partial charge >= 0.3 is 6.18 Å². The molecule has 96 valence electrons. The molecular formula is C13H12F3NO. The van der Waals surface area contributed by atoms with Gasteiger partial charge in [0, 0.05) is 11.1 Å². The van der Waals surface area contributed by atoms with E-state index in [1.54, 1.807) is 12.1 Å². The van der Waals surface area contributed by atoms with E-state index in [0.717, 1.165) is 18.4 Å². The number of hydrogen-bond donors (Lipinski definition) is 0. The normalized spacial score (nSPS) is 24.2. The molecular weight excluding hydrogens is 243 g/mol. The van der Waals surface area contributed by atoms with Crippen molar-refractivity contribution in [1.29, 1.82) is 0 Å². The Morgan fingerprint density at radius 3 is 2.56 bits per heavy atom. The number of carbonyl (C=O) groups is 1. The Morgan fingerprint density at radius 2 is 2.00 bits per heavy atom.